The number of anilines is 2. The first-order chi connectivity index (χ1) is 13.6. The highest BCUT2D eigenvalue weighted by molar-refractivity contribution is 5.93. The molecule has 0 radical (unpaired) electrons. The van der Waals surface area contributed by atoms with E-state index in [-0.39, 0.29) is 11.7 Å². The Labute approximate surface area is 165 Å². The van der Waals surface area contributed by atoms with Crippen molar-refractivity contribution < 1.29 is 9.18 Å². The van der Waals surface area contributed by atoms with Crippen molar-refractivity contribution >= 4 is 17.3 Å². The first-order valence-corrected chi connectivity index (χ1v) is 10.1. The molecule has 0 bridgehead atoms. The van der Waals surface area contributed by atoms with Crippen molar-refractivity contribution in [1.82, 2.24) is 9.88 Å². The highest BCUT2D eigenvalue weighted by atomic mass is 19.1. The number of piperazine rings is 1. The van der Waals surface area contributed by atoms with Crippen LogP contribution in [0.15, 0.2) is 42.6 Å². The van der Waals surface area contributed by atoms with Crippen LogP contribution in [0.2, 0.25) is 0 Å². The lowest BCUT2D eigenvalue weighted by Gasteiger charge is -2.37. The Hall–Kier alpha value is -2.63. The van der Waals surface area contributed by atoms with Crippen LogP contribution in [0.1, 0.15) is 30.3 Å². The Morgan fingerprint density at radius 3 is 2.18 bits per heavy atom. The summed E-state index contributed by atoms with van der Waals surface area (Å²) in [5.74, 6) is 0.527. The molecule has 28 heavy (non-hydrogen) atoms. The molecule has 0 saturated carbocycles. The monoisotopic (exact) mass is 382 g/mol. The molecule has 0 spiro atoms. The van der Waals surface area contributed by atoms with E-state index in [1.165, 1.54) is 12.1 Å². The Morgan fingerprint density at radius 2 is 1.54 bits per heavy atom. The van der Waals surface area contributed by atoms with Crippen LogP contribution in [0.4, 0.5) is 15.8 Å². The van der Waals surface area contributed by atoms with E-state index in [4.69, 9.17) is 0 Å². The average molecular weight is 382 g/mol. The summed E-state index contributed by atoms with van der Waals surface area (Å²) >= 11 is 0. The Bertz CT molecular complexity index is 810. The second kappa shape index (κ2) is 8.17. The van der Waals surface area contributed by atoms with Crippen molar-refractivity contribution in [3.63, 3.8) is 0 Å². The molecule has 1 aromatic heterocycles. The van der Waals surface area contributed by atoms with E-state index in [0.717, 1.165) is 63.5 Å². The first-order valence-electron chi connectivity index (χ1n) is 10.1. The normalized spacial score (nSPS) is 18.4. The van der Waals surface area contributed by atoms with E-state index in [9.17, 15) is 9.18 Å². The van der Waals surface area contributed by atoms with E-state index < -0.39 is 0 Å². The van der Waals surface area contributed by atoms with Gasteiger partial charge in [-0.15, -0.1) is 0 Å². The second-order valence-corrected chi connectivity index (χ2v) is 7.82. The van der Waals surface area contributed by atoms with E-state index in [2.05, 4.69) is 21.7 Å². The minimum Gasteiger partial charge on any atom is -0.368 e. The smallest absolute Gasteiger partial charge is 0.272 e. The molecule has 4 rings (SSSR count). The molecule has 2 aliphatic rings. The topological polar surface area (TPSA) is 39.7 Å². The van der Waals surface area contributed by atoms with Gasteiger partial charge in [0.05, 0.1) is 0 Å². The minimum atomic E-state index is -0.209. The number of hydrogen-bond donors (Lipinski definition) is 0. The molecule has 5 nitrogen and oxygen atoms in total. The highest BCUT2D eigenvalue weighted by Crippen LogP contribution is 2.23. The number of pyridine rings is 1. The van der Waals surface area contributed by atoms with Crippen molar-refractivity contribution in [2.75, 3.05) is 49.1 Å². The zero-order chi connectivity index (χ0) is 19.5. The molecule has 0 N–H and O–H groups in total. The lowest BCUT2D eigenvalue weighted by atomic mass is 9.99. The molecular formula is C22H27FN4O. The molecule has 1 aromatic carbocycles. The summed E-state index contributed by atoms with van der Waals surface area (Å²) in [6.45, 7) is 7.33. The molecule has 148 valence electrons. The number of benzene rings is 1. The predicted molar refractivity (Wildman–Crippen MR) is 109 cm³/mol. The highest BCUT2D eigenvalue weighted by Gasteiger charge is 2.24. The van der Waals surface area contributed by atoms with Gasteiger partial charge in [0.2, 0.25) is 0 Å². The molecule has 3 heterocycles. The van der Waals surface area contributed by atoms with E-state index in [1.54, 1.807) is 6.20 Å². The third-order valence-electron chi connectivity index (χ3n) is 5.87. The number of rotatable bonds is 3. The molecule has 1 amide bonds. The minimum absolute atomic E-state index is 0.0405. The number of carbonyl (C=O) groups is 1. The van der Waals surface area contributed by atoms with Crippen LogP contribution >= 0.6 is 0 Å². The van der Waals surface area contributed by atoms with Crippen molar-refractivity contribution in [1.29, 1.82) is 0 Å². The zero-order valence-electron chi connectivity index (χ0n) is 16.4. The fraction of sp³-hybridized carbons (Fsp3) is 0.455. The predicted octanol–water partition coefficient (Wildman–Crippen LogP) is 3.42. The third kappa shape index (κ3) is 4.11. The van der Waals surface area contributed by atoms with Crippen LogP contribution in [0.3, 0.4) is 0 Å². The fourth-order valence-electron chi connectivity index (χ4n) is 3.98. The number of halogens is 1. The van der Waals surface area contributed by atoms with Gasteiger partial charge in [-0.05, 0) is 55.2 Å². The van der Waals surface area contributed by atoms with Crippen LogP contribution in [0, 0.1) is 11.7 Å². The molecule has 0 unspecified atom stereocenters. The van der Waals surface area contributed by atoms with Gasteiger partial charge in [-0.1, -0.05) is 6.92 Å². The largest absolute Gasteiger partial charge is 0.368 e. The maximum Gasteiger partial charge on any atom is 0.272 e. The van der Waals surface area contributed by atoms with Gasteiger partial charge in [0, 0.05) is 56.8 Å². The molecule has 0 aliphatic carbocycles. The molecule has 2 aliphatic heterocycles. The van der Waals surface area contributed by atoms with E-state index in [0.29, 0.717) is 11.6 Å². The van der Waals surface area contributed by atoms with Gasteiger partial charge >= 0.3 is 0 Å². The Balaban J connectivity index is 1.39. The van der Waals surface area contributed by atoms with Crippen LogP contribution in [-0.4, -0.2) is 55.1 Å². The lowest BCUT2D eigenvalue weighted by Crippen LogP contribution is -2.46. The average Bonchev–Trinajstić information content (AvgIpc) is 2.75. The van der Waals surface area contributed by atoms with Gasteiger partial charge < -0.3 is 14.7 Å². The maximum absolute atomic E-state index is 13.1. The SMILES string of the molecule is CC1CCN(C(=O)c2cc(N3CCN(c4ccc(F)cc4)CC3)ccn2)CC1. The lowest BCUT2D eigenvalue weighted by molar-refractivity contribution is 0.0691. The van der Waals surface area contributed by atoms with Crippen LogP contribution in [0.25, 0.3) is 0 Å². The summed E-state index contributed by atoms with van der Waals surface area (Å²) in [6, 6.07) is 10.6. The number of nitrogens with zero attached hydrogens (tertiary/aromatic N) is 4. The summed E-state index contributed by atoms with van der Waals surface area (Å²) < 4.78 is 13.1. The molecule has 0 atom stereocenters. The summed E-state index contributed by atoms with van der Waals surface area (Å²) in [5.41, 5.74) is 2.63. The quantitative estimate of drug-likeness (QED) is 0.816. The number of likely N-dealkylation sites (tertiary alicyclic amines) is 1. The summed E-state index contributed by atoms with van der Waals surface area (Å²) in [7, 11) is 0. The second-order valence-electron chi connectivity index (χ2n) is 7.82. The van der Waals surface area contributed by atoms with E-state index >= 15 is 0 Å². The Kier molecular flexibility index (Phi) is 5.46. The standard InChI is InChI=1S/C22H27FN4O/c1-17-7-10-27(11-8-17)22(28)21-16-20(6-9-24-21)26-14-12-25(13-15-26)19-4-2-18(23)3-5-19/h2-6,9,16-17H,7-8,10-15H2,1H3. The number of piperidine rings is 1. The summed E-state index contributed by atoms with van der Waals surface area (Å²) in [4.78, 5) is 23.6. The van der Waals surface area contributed by atoms with Crippen molar-refractivity contribution in [3.05, 3.63) is 54.1 Å². The Morgan fingerprint density at radius 1 is 0.929 bits per heavy atom. The van der Waals surface area contributed by atoms with Crippen molar-refractivity contribution in [3.8, 4) is 0 Å². The number of carbonyl (C=O) groups excluding carboxylic acids is 1. The number of hydrogen-bond acceptors (Lipinski definition) is 4. The van der Waals surface area contributed by atoms with Gasteiger partial charge in [-0.25, -0.2) is 4.39 Å². The van der Waals surface area contributed by atoms with Gasteiger partial charge in [0.1, 0.15) is 11.5 Å². The summed E-state index contributed by atoms with van der Waals surface area (Å²) in [6.07, 6.45) is 3.87. The third-order valence-corrected chi connectivity index (χ3v) is 5.87. The van der Waals surface area contributed by atoms with Gasteiger partial charge in [0.15, 0.2) is 0 Å². The molecule has 2 fully saturated rings. The van der Waals surface area contributed by atoms with Gasteiger partial charge in [-0.2, -0.15) is 0 Å². The van der Waals surface area contributed by atoms with Gasteiger partial charge in [-0.3, -0.25) is 9.78 Å². The van der Waals surface area contributed by atoms with Crippen LogP contribution < -0.4 is 9.80 Å². The van der Waals surface area contributed by atoms with E-state index in [1.807, 2.05) is 29.2 Å². The summed E-state index contributed by atoms with van der Waals surface area (Å²) in [5, 5.41) is 0. The molecule has 6 heteroatoms. The van der Waals surface area contributed by atoms with Crippen LogP contribution in [-0.2, 0) is 0 Å². The zero-order valence-corrected chi connectivity index (χ0v) is 16.4. The van der Waals surface area contributed by atoms with Crippen molar-refractivity contribution in [2.24, 2.45) is 5.92 Å². The molecule has 2 saturated heterocycles. The van der Waals surface area contributed by atoms with Crippen molar-refractivity contribution in [2.45, 2.75) is 19.8 Å². The van der Waals surface area contributed by atoms with Crippen LogP contribution in [0.5, 0.6) is 0 Å². The maximum atomic E-state index is 13.1. The number of aromatic nitrogens is 1. The first kappa shape index (κ1) is 18.7. The fourth-order valence-corrected chi connectivity index (χ4v) is 3.98. The molecule has 2 aromatic rings. The van der Waals surface area contributed by atoms with Gasteiger partial charge in [0.25, 0.3) is 5.91 Å². The number of amides is 1. The molecular weight excluding hydrogens is 355 g/mol.